The maximum atomic E-state index is 12.7. The van der Waals surface area contributed by atoms with Crippen molar-refractivity contribution in [1.82, 2.24) is 10.7 Å². The van der Waals surface area contributed by atoms with Gasteiger partial charge in [0.1, 0.15) is 0 Å². The van der Waals surface area contributed by atoms with Gasteiger partial charge in [0.2, 0.25) is 0 Å². The summed E-state index contributed by atoms with van der Waals surface area (Å²) in [6.45, 7) is -0.348. The van der Waals surface area contributed by atoms with E-state index in [1.54, 1.807) is 72.8 Å². The average molecular weight is 582 g/mol. The van der Waals surface area contributed by atoms with Crippen molar-refractivity contribution < 1.29 is 38.1 Å². The van der Waals surface area contributed by atoms with Gasteiger partial charge in [-0.1, -0.05) is 36.4 Å². The van der Waals surface area contributed by atoms with Gasteiger partial charge in [-0.05, 0) is 66.2 Å². The summed E-state index contributed by atoms with van der Waals surface area (Å²) in [6, 6.07) is 25.7. The molecule has 0 heterocycles. The number of nitrogens with one attached hydrogen (secondary N) is 2. The number of hydrazone groups is 1. The molecule has 2 amide bonds. The lowest BCUT2D eigenvalue weighted by Crippen LogP contribution is -2.34. The number of amides is 2. The highest BCUT2D eigenvalue weighted by Crippen LogP contribution is 2.30. The predicted molar refractivity (Wildman–Crippen MR) is 157 cm³/mol. The van der Waals surface area contributed by atoms with Gasteiger partial charge in [-0.2, -0.15) is 5.10 Å². The summed E-state index contributed by atoms with van der Waals surface area (Å²) >= 11 is 0. The molecule has 43 heavy (non-hydrogen) atoms. The minimum absolute atomic E-state index is 0.0113. The molecule has 4 aromatic rings. The Morgan fingerprint density at radius 1 is 0.651 bits per heavy atom. The molecule has 218 valence electrons. The number of rotatable bonds is 11. The van der Waals surface area contributed by atoms with Gasteiger partial charge in [-0.25, -0.2) is 15.0 Å². The number of hydrogen-bond acceptors (Lipinski definition) is 9. The molecule has 0 aliphatic rings. The first-order chi connectivity index (χ1) is 20.9. The third kappa shape index (κ3) is 8.27. The van der Waals surface area contributed by atoms with Gasteiger partial charge in [0.05, 0.1) is 38.1 Å². The molecule has 0 aromatic heterocycles. The Morgan fingerprint density at radius 2 is 1.23 bits per heavy atom. The highest BCUT2D eigenvalue weighted by atomic mass is 16.6. The van der Waals surface area contributed by atoms with Gasteiger partial charge in [0, 0.05) is 5.56 Å². The molecule has 11 heteroatoms. The van der Waals surface area contributed by atoms with Crippen molar-refractivity contribution in [2.75, 3.05) is 20.8 Å². The van der Waals surface area contributed by atoms with Gasteiger partial charge in [-0.3, -0.25) is 9.59 Å². The number of esters is 2. The Morgan fingerprint density at radius 3 is 1.84 bits per heavy atom. The molecule has 11 nitrogen and oxygen atoms in total. The molecule has 0 saturated carbocycles. The quantitative estimate of drug-likeness (QED) is 0.117. The fraction of sp³-hybridized carbons (Fsp3) is 0.0938. The van der Waals surface area contributed by atoms with Crippen LogP contribution in [0.5, 0.6) is 23.0 Å². The number of carbonyl (C=O) groups is 4. The Bertz CT molecular complexity index is 1640. The van der Waals surface area contributed by atoms with Crippen LogP contribution in [0.4, 0.5) is 0 Å². The zero-order valence-electron chi connectivity index (χ0n) is 23.2. The fourth-order valence-electron chi connectivity index (χ4n) is 3.69. The summed E-state index contributed by atoms with van der Waals surface area (Å²) in [5, 5.41) is 6.39. The standard InChI is InChI=1S/C32H27N3O8/c1-40-25-16-14-24(18-27(25)41-2)30(37)33-20-29(36)35-34-19-21-13-15-26(42-31(38)22-9-5-3-6-10-22)28(17-21)43-32(39)23-11-7-4-8-12-23/h3-19H,20H2,1-2H3,(H,33,37)(H,35,36)/b34-19-. The van der Waals surface area contributed by atoms with E-state index < -0.39 is 23.8 Å². The van der Waals surface area contributed by atoms with E-state index in [0.717, 1.165) is 0 Å². The van der Waals surface area contributed by atoms with Crippen LogP contribution in [0.1, 0.15) is 36.6 Å². The SMILES string of the molecule is COc1ccc(C(=O)NCC(=O)N/N=C\c2ccc(OC(=O)c3ccccc3)c(OC(=O)c3ccccc3)c2)cc1OC. The van der Waals surface area contributed by atoms with Crippen LogP contribution in [0.25, 0.3) is 0 Å². The maximum Gasteiger partial charge on any atom is 0.343 e. The lowest BCUT2D eigenvalue weighted by atomic mass is 10.2. The number of nitrogens with zero attached hydrogens (tertiary/aromatic N) is 1. The van der Waals surface area contributed by atoms with Gasteiger partial charge >= 0.3 is 11.9 Å². The molecule has 0 aliphatic heterocycles. The Labute approximate surface area is 247 Å². The number of methoxy groups -OCH3 is 2. The molecule has 0 fully saturated rings. The van der Waals surface area contributed by atoms with Crippen molar-refractivity contribution >= 4 is 30.0 Å². The molecule has 0 unspecified atom stereocenters. The van der Waals surface area contributed by atoms with Crippen LogP contribution < -0.4 is 29.7 Å². The number of benzene rings is 4. The van der Waals surface area contributed by atoms with E-state index in [2.05, 4.69) is 15.8 Å². The third-order valence-electron chi connectivity index (χ3n) is 5.85. The molecule has 4 rings (SSSR count). The molecule has 0 radical (unpaired) electrons. The minimum Gasteiger partial charge on any atom is -0.493 e. The molecular weight excluding hydrogens is 554 g/mol. The van der Waals surface area contributed by atoms with Gasteiger partial charge < -0.3 is 24.3 Å². The second kappa shape index (κ2) is 14.6. The van der Waals surface area contributed by atoms with Crippen LogP contribution in [-0.2, 0) is 4.79 Å². The third-order valence-corrected chi connectivity index (χ3v) is 5.85. The summed E-state index contributed by atoms with van der Waals surface area (Å²) in [5.74, 6) is -1.57. The average Bonchev–Trinajstić information content (AvgIpc) is 3.05. The summed E-state index contributed by atoms with van der Waals surface area (Å²) < 4.78 is 21.4. The lowest BCUT2D eigenvalue weighted by Gasteiger charge is -2.11. The van der Waals surface area contributed by atoms with Crippen LogP contribution in [0.3, 0.4) is 0 Å². The van der Waals surface area contributed by atoms with Crippen LogP contribution in [-0.4, -0.2) is 50.7 Å². The van der Waals surface area contributed by atoms with Gasteiger partial charge in [0.15, 0.2) is 23.0 Å². The second-order valence-electron chi connectivity index (χ2n) is 8.76. The van der Waals surface area contributed by atoms with Gasteiger partial charge in [0.25, 0.3) is 11.8 Å². The molecule has 0 saturated heterocycles. The molecule has 0 bridgehead atoms. The first kappa shape index (κ1) is 30.0. The maximum absolute atomic E-state index is 12.7. The zero-order valence-corrected chi connectivity index (χ0v) is 23.2. The van der Waals surface area contributed by atoms with Crippen molar-refractivity contribution in [1.29, 1.82) is 0 Å². The lowest BCUT2D eigenvalue weighted by molar-refractivity contribution is -0.120. The van der Waals surface area contributed by atoms with Crippen LogP contribution in [0.15, 0.2) is 102 Å². The molecule has 0 aliphatic carbocycles. The van der Waals surface area contributed by atoms with Crippen LogP contribution in [0, 0.1) is 0 Å². The van der Waals surface area contributed by atoms with Crippen molar-refractivity contribution in [2.24, 2.45) is 5.10 Å². The number of ether oxygens (including phenoxy) is 4. The highest BCUT2D eigenvalue weighted by Gasteiger charge is 2.17. The van der Waals surface area contributed by atoms with Crippen LogP contribution in [0.2, 0.25) is 0 Å². The number of hydrogen-bond donors (Lipinski definition) is 2. The van der Waals surface area contributed by atoms with Crippen molar-refractivity contribution in [3.63, 3.8) is 0 Å². The normalized spacial score (nSPS) is 10.5. The van der Waals surface area contributed by atoms with Crippen molar-refractivity contribution in [3.05, 3.63) is 119 Å². The summed E-state index contributed by atoms with van der Waals surface area (Å²) in [4.78, 5) is 50.1. The largest absolute Gasteiger partial charge is 0.493 e. The van der Waals surface area contributed by atoms with Crippen molar-refractivity contribution in [3.8, 4) is 23.0 Å². The van der Waals surface area contributed by atoms with E-state index in [9.17, 15) is 19.2 Å². The summed E-state index contributed by atoms with van der Waals surface area (Å²) in [7, 11) is 2.93. The minimum atomic E-state index is -0.662. The Balaban J connectivity index is 1.41. The van der Waals surface area contributed by atoms with E-state index in [0.29, 0.717) is 28.2 Å². The molecule has 4 aromatic carbocycles. The smallest absolute Gasteiger partial charge is 0.343 e. The van der Waals surface area contributed by atoms with E-state index in [-0.39, 0.29) is 23.6 Å². The highest BCUT2D eigenvalue weighted by molar-refractivity contribution is 5.97. The molecule has 0 spiro atoms. The van der Waals surface area contributed by atoms with Crippen molar-refractivity contribution in [2.45, 2.75) is 0 Å². The zero-order chi connectivity index (χ0) is 30.6. The van der Waals surface area contributed by atoms with E-state index >= 15 is 0 Å². The molecule has 0 atom stereocenters. The molecular formula is C32H27N3O8. The first-order valence-electron chi connectivity index (χ1n) is 12.9. The predicted octanol–water partition coefficient (Wildman–Crippen LogP) is 4.02. The number of carbonyl (C=O) groups excluding carboxylic acids is 4. The van der Waals surface area contributed by atoms with Crippen LogP contribution >= 0.6 is 0 Å². The summed E-state index contributed by atoms with van der Waals surface area (Å²) in [6.07, 6.45) is 1.30. The van der Waals surface area contributed by atoms with Gasteiger partial charge in [-0.15, -0.1) is 0 Å². The first-order valence-corrected chi connectivity index (χ1v) is 12.9. The Kier molecular flexibility index (Phi) is 10.2. The monoisotopic (exact) mass is 581 g/mol. The summed E-state index contributed by atoms with van der Waals surface area (Å²) in [5.41, 5.74) is 3.62. The topological polar surface area (TPSA) is 142 Å². The Hall–Kier alpha value is -5.97. The fourth-order valence-corrected chi connectivity index (χ4v) is 3.69. The van der Waals surface area contributed by atoms with E-state index in [4.69, 9.17) is 18.9 Å². The molecule has 2 N–H and O–H groups in total. The van der Waals surface area contributed by atoms with E-state index in [1.807, 2.05) is 0 Å². The van der Waals surface area contributed by atoms with E-state index in [1.165, 1.54) is 44.7 Å². The second-order valence-corrected chi connectivity index (χ2v) is 8.76.